The normalized spacial score (nSPS) is 35.4. The van der Waals surface area contributed by atoms with Gasteiger partial charge in [-0.2, -0.15) is 0 Å². The van der Waals surface area contributed by atoms with Crippen LogP contribution in [0.3, 0.4) is 0 Å². The first-order chi connectivity index (χ1) is 9.35. The predicted octanol–water partition coefficient (Wildman–Crippen LogP) is 0.940. The summed E-state index contributed by atoms with van der Waals surface area (Å²) in [6.07, 6.45) is 1.10. The minimum atomic E-state index is -1.27. The van der Waals surface area contributed by atoms with E-state index in [1.54, 1.807) is 0 Å². The van der Waals surface area contributed by atoms with Gasteiger partial charge in [-0.1, -0.05) is 13.8 Å². The number of rotatable bonds is 5. The maximum atomic E-state index is 12.2. The standard InChI is InChI=1S/C14H23NO5/c1-4-19-10-8-14(12(17)18,13(10,2)3)15-11(16)9-6-5-7-20-9/h9-10H,4-8H2,1-3H3,(H,15,16)(H,17,18)/t9-,10+,14+/m0/s1. The maximum Gasteiger partial charge on any atom is 0.330 e. The van der Waals surface area contributed by atoms with Gasteiger partial charge in [0.15, 0.2) is 0 Å². The van der Waals surface area contributed by atoms with Gasteiger partial charge in [0, 0.05) is 25.0 Å². The lowest BCUT2D eigenvalue weighted by Gasteiger charge is -2.58. The van der Waals surface area contributed by atoms with E-state index in [4.69, 9.17) is 9.47 Å². The summed E-state index contributed by atoms with van der Waals surface area (Å²) in [6.45, 7) is 6.61. The van der Waals surface area contributed by atoms with Crippen LogP contribution in [0.1, 0.15) is 40.0 Å². The molecule has 1 amide bonds. The average Bonchev–Trinajstić information content (AvgIpc) is 2.90. The number of carbonyl (C=O) groups excluding carboxylic acids is 1. The smallest absolute Gasteiger partial charge is 0.330 e. The van der Waals surface area contributed by atoms with Gasteiger partial charge in [0.05, 0.1) is 6.10 Å². The summed E-state index contributed by atoms with van der Waals surface area (Å²) < 4.78 is 10.9. The molecule has 1 heterocycles. The molecule has 1 saturated carbocycles. The highest BCUT2D eigenvalue weighted by Crippen LogP contribution is 2.51. The van der Waals surface area contributed by atoms with E-state index in [-0.39, 0.29) is 12.0 Å². The first kappa shape index (κ1) is 15.3. The first-order valence-electron chi connectivity index (χ1n) is 7.14. The summed E-state index contributed by atoms with van der Waals surface area (Å²) >= 11 is 0. The van der Waals surface area contributed by atoms with Crippen LogP contribution in [0.15, 0.2) is 0 Å². The van der Waals surface area contributed by atoms with Crippen LogP contribution in [0.5, 0.6) is 0 Å². The van der Waals surface area contributed by atoms with Gasteiger partial charge in [-0.05, 0) is 19.8 Å². The Morgan fingerprint density at radius 1 is 1.45 bits per heavy atom. The molecule has 0 aromatic rings. The molecule has 1 aliphatic heterocycles. The van der Waals surface area contributed by atoms with Gasteiger partial charge in [0.25, 0.3) is 0 Å². The van der Waals surface area contributed by atoms with Gasteiger partial charge < -0.3 is 19.9 Å². The topological polar surface area (TPSA) is 84.9 Å². The summed E-state index contributed by atoms with van der Waals surface area (Å²) in [5.41, 5.74) is -1.92. The fraction of sp³-hybridized carbons (Fsp3) is 0.857. The van der Waals surface area contributed by atoms with E-state index in [1.807, 2.05) is 20.8 Å². The third-order valence-corrected chi connectivity index (χ3v) is 4.69. The molecule has 0 radical (unpaired) electrons. The largest absolute Gasteiger partial charge is 0.479 e. The molecule has 114 valence electrons. The Morgan fingerprint density at radius 2 is 2.15 bits per heavy atom. The van der Waals surface area contributed by atoms with Gasteiger partial charge in [-0.25, -0.2) is 4.79 Å². The molecule has 2 rings (SSSR count). The van der Waals surface area contributed by atoms with Crippen molar-refractivity contribution in [2.45, 2.75) is 57.8 Å². The van der Waals surface area contributed by atoms with Crippen LogP contribution in [-0.4, -0.2) is 47.9 Å². The molecule has 0 aromatic carbocycles. The SMILES string of the molecule is CCO[C@@H]1C[C@@](NC(=O)[C@@H]2CCCO2)(C(=O)O)C1(C)C. The summed E-state index contributed by atoms with van der Waals surface area (Å²) in [5.74, 6) is -1.34. The quantitative estimate of drug-likeness (QED) is 0.785. The fourth-order valence-electron chi connectivity index (χ4n) is 3.11. The average molecular weight is 285 g/mol. The van der Waals surface area contributed by atoms with Gasteiger partial charge in [0.1, 0.15) is 11.6 Å². The van der Waals surface area contributed by atoms with Crippen molar-refractivity contribution in [1.29, 1.82) is 0 Å². The highest BCUT2D eigenvalue weighted by atomic mass is 16.5. The highest BCUT2D eigenvalue weighted by molar-refractivity contribution is 5.91. The molecule has 6 heteroatoms. The third-order valence-electron chi connectivity index (χ3n) is 4.69. The van der Waals surface area contributed by atoms with Crippen LogP contribution >= 0.6 is 0 Å². The molecule has 0 spiro atoms. The second-order valence-corrected chi connectivity index (χ2v) is 6.07. The number of carboxylic acids is 1. The van der Waals surface area contributed by atoms with Crippen LogP contribution in [0.25, 0.3) is 0 Å². The van der Waals surface area contributed by atoms with Gasteiger partial charge >= 0.3 is 5.97 Å². The van der Waals surface area contributed by atoms with Crippen molar-refractivity contribution in [1.82, 2.24) is 5.32 Å². The molecule has 0 unspecified atom stereocenters. The van der Waals surface area contributed by atoms with Crippen LogP contribution in [0, 0.1) is 5.41 Å². The predicted molar refractivity (Wildman–Crippen MR) is 71.3 cm³/mol. The Bertz CT molecular complexity index is 402. The van der Waals surface area contributed by atoms with Crippen LogP contribution in [0.4, 0.5) is 0 Å². The Hall–Kier alpha value is -1.14. The number of amides is 1. The first-order valence-corrected chi connectivity index (χ1v) is 7.14. The number of carbonyl (C=O) groups is 2. The minimum absolute atomic E-state index is 0.159. The van der Waals surface area contributed by atoms with Gasteiger partial charge in [0.2, 0.25) is 5.91 Å². The third kappa shape index (κ3) is 2.20. The maximum absolute atomic E-state index is 12.2. The van der Waals surface area contributed by atoms with Crippen molar-refractivity contribution >= 4 is 11.9 Å². The Morgan fingerprint density at radius 3 is 2.60 bits per heavy atom. The molecular formula is C14H23NO5. The number of carboxylic acid groups (broad SMARTS) is 1. The van der Waals surface area contributed by atoms with E-state index in [2.05, 4.69) is 5.32 Å². The molecule has 3 atom stereocenters. The van der Waals surface area contributed by atoms with Crippen LogP contribution < -0.4 is 5.32 Å². The lowest BCUT2D eigenvalue weighted by Crippen LogP contribution is -2.76. The van der Waals surface area contributed by atoms with E-state index in [1.165, 1.54) is 0 Å². The zero-order chi connectivity index (χ0) is 15.0. The highest BCUT2D eigenvalue weighted by Gasteiger charge is 2.66. The second kappa shape index (κ2) is 5.33. The summed E-state index contributed by atoms with van der Waals surface area (Å²) in [4.78, 5) is 23.9. The Kier molecular flexibility index (Phi) is 4.07. The molecule has 2 fully saturated rings. The van der Waals surface area contributed by atoms with E-state index in [9.17, 15) is 14.7 Å². The molecule has 0 bridgehead atoms. The molecule has 6 nitrogen and oxygen atoms in total. The zero-order valence-corrected chi connectivity index (χ0v) is 12.3. The lowest BCUT2D eigenvalue weighted by molar-refractivity contribution is -0.195. The number of nitrogens with one attached hydrogen (secondary N) is 1. The Labute approximate surface area is 118 Å². The second-order valence-electron chi connectivity index (χ2n) is 6.07. The van der Waals surface area contributed by atoms with Crippen molar-refractivity contribution in [3.63, 3.8) is 0 Å². The number of hydrogen-bond acceptors (Lipinski definition) is 4. The fourth-order valence-corrected chi connectivity index (χ4v) is 3.11. The van der Waals surface area contributed by atoms with Crippen molar-refractivity contribution in [2.75, 3.05) is 13.2 Å². The van der Waals surface area contributed by atoms with Crippen molar-refractivity contribution in [3.05, 3.63) is 0 Å². The number of ether oxygens (including phenoxy) is 2. The number of hydrogen-bond donors (Lipinski definition) is 2. The monoisotopic (exact) mass is 285 g/mol. The van der Waals surface area contributed by atoms with Crippen LogP contribution in [0.2, 0.25) is 0 Å². The molecule has 2 N–H and O–H groups in total. The van der Waals surface area contributed by atoms with Gasteiger partial charge in [-0.15, -0.1) is 0 Å². The zero-order valence-electron chi connectivity index (χ0n) is 12.3. The summed E-state index contributed by atoms with van der Waals surface area (Å²) in [7, 11) is 0. The van der Waals surface area contributed by atoms with Gasteiger partial charge in [-0.3, -0.25) is 4.79 Å². The molecular weight excluding hydrogens is 262 g/mol. The van der Waals surface area contributed by atoms with Crippen molar-refractivity contribution < 1.29 is 24.2 Å². The molecule has 20 heavy (non-hydrogen) atoms. The molecule has 0 aromatic heterocycles. The molecule has 1 aliphatic carbocycles. The number of aliphatic carboxylic acids is 1. The van der Waals surface area contributed by atoms with E-state index < -0.39 is 23.0 Å². The minimum Gasteiger partial charge on any atom is -0.479 e. The van der Waals surface area contributed by atoms with E-state index >= 15 is 0 Å². The summed E-state index contributed by atoms with van der Waals surface area (Å²) in [5, 5.41) is 12.3. The van der Waals surface area contributed by atoms with E-state index in [0.717, 1.165) is 6.42 Å². The molecule has 2 aliphatic rings. The molecule has 1 saturated heterocycles. The van der Waals surface area contributed by atoms with Crippen LogP contribution in [-0.2, 0) is 19.1 Å². The van der Waals surface area contributed by atoms with Crippen molar-refractivity contribution in [2.24, 2.45) is 5.41 Å². The lowest BCUT2D eigenvalue weighted by atomic mass is 9.54. The van der Waals surface area contributed by atoms with E-state index in [0.29, 0.717) is 26.1 Å². The summed E-state index contributed by atoms with van der Waals surface area (Å²) in [6, 6.07) is 0. The Balaban J connectivity index is 2.12. The van der Waals surface area contributed by atoms with Crippen molar-refractivity contribution in [3.8, 4) is 0 Å².